The van der Waals surface area contributed by atoms with Crippen LogP contribution < -0.4 is 5.32 Å². The van der Waals surface area contributed by atoms with Crippen LogP contribution in [0.1, 0.15) is 13.3 Å². The SMILES string of the molecule is CCC1CNc2cccc(Cl)c2S1. The molecule has 1 heterocycles. The molecule has 70 valence electrons. The molecular weight excluding hydrogens is 202 g/mol. The minimum Gasteiger partial charge on any atom is -0.383 e. The number of benzene rings is 1. The van der Waals surface area contributed by atoms with Crippen LogP contribution in [-0.2, 0) is 0 Å². The smallest absolute Gasteiger partial charge is 0.0562 e. The molecule has 2 rings (SSSR count). The van der Waals surface area contributed by atoms with Gasteiger partial charge in [-0.2, -0.15) is 0 Å². The molecule has 1 aliphatic rings. The summed E-state index contributed by atoms with van der Waals surface area (Å²) in [5.74, 6) is 0. The molecule has 0 saturated heterocycles. The molecule has 13 heavy (non-hydrogen) atoms. The Balaban J connectivity index is 2.32. The molecular formula is C10H12ClNS. The van der Waals surface area contributed by atoms with Gasteiger partial charge < -0.3 is 5.32 Å². The normalized spacial score (nSPS) is 20.6. The zero-order valence-electron chi connectivity index (χ0n) is 7.51. The molecule has 1 aromatic rings. The van der Waals surface area contributed by atoms with Gasteiger partial charge in [-0.15, -0.1) is 11.8 Å². The first-order valence-electron chi connectivity index (χ1n) is 4.50. The van der Waals surface area contributed by atoms with Crippen molar-refractivity contribution in [2.45, 2.75) is 23.5 Å². The first-order valence-corrected chi connectivity index (χ1v) is 5.76. The lowest BCUT2D eigenvalue weighted by atomic mass is 10.2. The van der Waals surface area contributed by atoms with Crippen LogP contribution in [0.2, 0.25) is 5.02 Å². The van der Waals surface area contributed by atoms with E-state index in [1.54, 1.807) is 0 Å². The summed E-state index contributed by atoms with van der Waals surface area (Å²) in [4.78, 5) is 1.21. The zero-order chi connectivity index (χ0) is 9.26. The fourth-order valence-corrected chi connectivity index (χ4v) is 2.85. The zero-order valence-corrected chi connectivity index (χ0v) is 9.08. The summed E-state index contributed by atoms with van der Waals surface area (Å²) in [6, 6.07) is 6.02. The second kappa shape index (κ2) is 3.81. The van der Waals surface area contributed by atoms with Crippen LogP contribution in [0.25, 0.3) is 0 Å². The molecule has 0 spiro atoms. The third kappa shape index (κ3) is 1.79. The molecule has 1 aliphatic heterocycles. The number of anilines is 1. The molecule has 0 saturated carbocycles. The second-order valence-electron chi connectivity index (χ2n) is 3.15. The summed E-state index contributed by atoms with van der Waals surface area (Å²) in [5.41, 5.74) is 1.18. The van der Waals surface area contributed by atoms with Crippen molar-refractivity contribution in [2.24, 2.45) is 0 Å². The molecule has 0 aliphatic carbocycles. The number of rotatable bonds is 1. The predicted molar refractivity (Wildman–Crippen MR) is 59.9 cm³/mol. The maximum absolute atomic E-state index is 6.10. The minimum atomic E-state index is 0.660. The van der Waals surface area contributed by atoms with E-state index in [4.69, 9.17) is 11.6 Å². The van der Waals surface area contributed by atoms with E-state index < -0.39 is 0 Å². The van der Waals surface area contributed by atoms with Gasteiger partial charge in [0.1, 0.15) is 0 Å². The van der Waals surface area contributed by atoms with Crippen molar-refractivity contribution in [3.8, 4) is 0 Å². The van der Waals surface area contributed by atoms with Crippen LogP contribution >= 0.6 is 23.4 Å². The highest BCUT2D eigenvalue weighted by Gasteiger charge is 2.18. The van der Waals surface area contributed by atoms with Gasteiger partial charge in [-0.25, -0.2) is 0 Å². The molecule has 1 nitrogen and oxygen atoms in total. The second-order valence-corrected chi connectivity index (χ2v) is 4.86. The number of fused-ring (bicyclic) bond motifs is 1. The van der Waals surface area contributed by atoms with Crippen LogP contribution in [0, 0.1) is 0 Å². The number of hydrogen-bond donors (Lipinski definition) is 1. The third-order valence-corrected chi connectivity index (χ3v) is 4.16. The number of thioether (sulfide) groups is 1. The van der Waals surface area contributed by atoms with Gasteiger partial charge in [0.15, 0.2) is 0 Å². The Morgan fingerprint density at radius 2 is 2.46 bits per heavy atom. The van der Waals surface area contributed by atoms with Crippen molar-refractivity contribution < 1.29 is 0 Å². The standard InChI is InChI=1S/C10H12ClNS/c1-2-7-6-12-9-5-3-4-8(11)10(9)13-7/h3-5,7,12H,2,6H2,1H3. The molecule has 0 aromatic heterocycles. The van der Waals surface area contributed by atoms with Crippen LogP contribution in [-0.4, -0.2) is 11.8 Å². The summed E-state index contributed by atoms with van der Waals surface area (Å²) in [5, 5.41) is 4.93. The summed E-state index contributed by atoms with van der Waals surface area (Å²) in [7, 11) is 0. The monoisotopic (exact) mass is 213 g/mol. The Bertz CT molecular complexity index is 314. The van der Waals surface area contributed by atoms with Crippen molar-refractivity contribution in [1.82, 2.24) is 0 Å². The first-order chi connectivity index (χ1) is 6.31. The highest BCUT2D eigenvalue weighted by Crippen LogP contribution is 2.40. The van der Waals surface area contributed by atoms with Gasteiger partial charge in [0.05, 0.1) is 5.02 Å². The minimum absolute atomic E-state index is 0.660. The van der Waals surface area contributed by atoms with Crippen molar-refractivity contribution >= 4 is 29.1 Å². The molecule has 0 radical (unpaired) electrons. The lowest BCUT2D eigenvalue weighted by Gasteiger charge is -2.25. The number of halogens is 1. The molecule has 1 N–H and O–H groups in total. The molecule has 0 amide bonds. The molecule has 1 aromatic carbocycles. The van der Waals surface area contributed by atoms with Crippen LogP contribution in [0.4, 0.5) is 5.69 Å². The van der Waals surface area contributed by atoms with Gasteiger partial charge in [0.2, 0.25) is 0 Å². The Labute approximate surface area is 87.9 Å². The average Bonchev–Trinajstić information content (AvgIpc) is 2.18. The van der Waals surface area contributed by atoms with Gasteiger partial charge in [0, 0.05) is 22.4 Å². The highest BCUT2D eigenvalue weighted by atomic mass is 35.5. The molecule has 0 bridgehead atoms. The van der Waals surface area contributed by atoms with Crippen LogP contribution in [0.5, 0.6) is 0 Å². The van der Waals surface area contributed by atoms with E-state index in [9.17, 15) is 0 Å². The van der Waals surface area contributed by atoms with Crippen LogP contribution in [0.3, 0.4) is 0 Å². The van der Waals surface area contributed by atoms with Crippen molar-refractivity contribution in [3.63, 3.8) is 0 Å². The summed E-state index contributed by atoms with van der Waals surface area (Å²) >= 11 is 7.99. The Kier molecular flexibility index (Phi) is 2.70. The van der Waals surface area contributed by atoms with Crippen LogP contribution in [0.15, 0.2) is 23.1 Å². The number of hydrogen-bond acceptors (Lipinski definition) is 2. The topological polar surface area (TPSA) is 12.0 Å². The van der Waals surface area contributed by atoms with Crippen molar-refractivity contribution in [3.05, 3.63) is 23.2 Å². The summed E-state index contributed by atoms with van der Waals surface area (Å²) in [6.07, 6.45) is 1.18. The van der Waals surface area contributed by atoms with E-state index in [2.05, 4.69) is 18.3 Å². The van der Waals surface area contributed by atoms with Gasteiger partial charge in [0.25, 0.3) is 0 Å². The molecule has 1 unspecified atom stereocenters. The van der Waals surface area contributed by atoms with Gasteiger partial charge in [-0.3, -0.25) is 0 Å². The lowest BCUT2D eigenvalue weighted by molar-refractivity contribution is 0.842. The Morgan fingerprint density at radius 1 is 1.62 bits per heavy atom. The highest BCUT2D eigenvalue weighted by molar-refractivity contribution is 8.00. The summed E-state index contributed by atoms with van der Waals surface area (Å²) in [6.45, 7) is 3.26. The maximum atomic E-state index is 6.10. The lowest BCUT2D eigenvalue weighted by Crippen LogP contribution is -2.20. The Hall–Kier alpha value is -0.340. The van der Waals surface area contributed by atoms with E-state index in [-0.39, 0.29) is 0 Å². The van der Waals surface area contributed by atoms with E-state index in [0.717, 1.165) is 11.6 Å². The Morgan fingerprint density at radius 3 is 3.23 bits per heavy atom. The van der Waals surface area contributed by atoms with E-state index in [1.807, 2.05) is 23.9 Å². The molecule has 1 atom stereocenters. The quantitative estimate of drug-likeness (QED) is 0.765. The molecule has 0 fully saturated rings. The van der Waals surface area contributed by atoms with E-state index >= 15 is 0 Å². The predicted octanol–water partition coefficient (Wildman–Crippen LogP) is 3.64. The summed E-state index contributed by atoms with van der Waals surface area (Å²) < 4.78 is 0. The maximum Gasteiger partial charge on any atom is 0.0562 e. The van der Waals surface area contributed by atoms with Crippen molar-refractivity contribution in [2.75, 3.05) is 11.9 Å². The van der Waals surface area contributed by atoms with E-state index in [1.165, 1.54) is 17.0 Å². The van der Waals surface area contributed by atoms with Gasteiger partial charge in [-0.1, -0.05) is 24.6 Å². The van der Waals surface area contributed by atoms with Crippen molar-refractivity contribution in [1.29, 1.82) is 0 Å². The fraction of sp³-hybridized carbons (Fsp3) is 0.400. The molecule has 3 heteroatoms. The van der Waals surface area contributed by atoms with Gasteiger partial charge >= 0.3 is 0 Å². The van der Waals surface area contributed by atoms with E-state index in [0.29, 0.717) is 5.25 Å². The third-order valence-electron chi connectivity index (χ3n) is 2.23. The number of nitrogens with one attached hydrogen (secondary N) is 1. The average molecular weight is 214 g/mol. The fourth-order valence-electron chi connectivity index (χ4n) is 1.43. The largest absolute Gasteiger partial charge is 0.383 e. The van der Waals surface area contributed by atoms with Gasteiger partial charge in [-0.05, 0) is 18.6 Å². The first kappa shape index (κ1) is 9.22.